The van der Waals surface area contributed by atoms with Gasteiger partial charge in [0.1, 0.15) is 23.9 Å². The van der Waals surface area contributed by atoms with E-state index < -0.39 is 0 Å². The number of ether oxygens (including phenoxy) is 2. The summed E-state index contributed by atoms with van der Waals surface area (Å²) in [4.78, 5) is 0. The van der Waals surface area contributed by atoms with Gasteiger partial charge in [0.05, 0.1) is 0 Å². The van der Waals surface area contributed by atoms with Crippen LogP contribution in [0.4, 0.5) is 0 Å². The molecule has 3 aromatic carbocycles. The molecule has 128 valence electrons. The van der Waals surface area contributed by atoms with Crippen LogP contribution in [0, 0.1) is 0 Å². The van der Waals surface area contributed by atoms with Crippen LogP contribution in [0.3, 0.4) is 0 Å². The van der Waals surface area contributed by atoms with Gasteiger partial charge in [-0.2, -0.15) is 0 Å². The predicted octanol–water partition coefficient (Wildman–Crippen LogP) is 6.36. The van der Waals surface area contributed by atoms with Crippen molar-refractivity contribution in [2.75, 3.05) is 0 Å². The molecule has 2 nitrogen and oxygen atoms in total. The second kappa shape index (κ2) is 7.43. The summed E-state index contributed by atoms with van der Waals surface area (Å²) < 4.78 is 11.8. The van der Waals surface area contributed by atoms with Crippen LogP contribution in [0.5, 0.6) is 17.2 Å². The largest absolute Gasteiger partial charge is 0.489 e. The molecule has 0 fully saturated rings. The smallest absolute Gasteiger partial charge is 0.127 e. The summed E-state index contributed by atoms with van der Waals surface area (Å²) in [7, 11) is 0. The van der Waals surface area contributed by atoms with E-state index in [9.17, 15) is 0 Å². The first-order valence-electron chi connectivity index (χ1n) is 8.56. The molecule has 3 aromatic rings. The summed E-state index contributed by atoms with van der Waals surface area (Å²) in [6, 6.07) is 26.1. The van der Waals surface area contributed by atoms with Crippen LogP contribution >= 0.6 is 0 Å². The summed E-state index contributed by atoms with van der Waals surface area (Å²) >= 11 is 0. The summed E-state index contributed by atoms with van der Waals surface area (Å²) in [5.74, 6) is 2.53. The zero-order valence-electron chi connectivity index (χ0n) is 15.0. The van der Waals surface area contributed by atoms with Crippen molar-refractivity contribution in [1.82, 2.24) is 0 Å². The summed E-state index contributed by atoms with van der Waals surface area (Å²) in [5, 5.41) is 0. The average molecular weight is 332 g/mol. The summed E-state index contributed by atoms with van der Waals surface area (Å²) in [6.07, 6.45) is 0. The van der Waals surface area contributed by atoms with Crippen molar-refractivity contribution in [2.45, 2.75) is 32.8 Å². The Hall–Kier alpha value is -2.74. The molecular weight excluding hydrogens is 308 g/mol. The maximum absolute atomic E-state index is 5.98. The van der Waals surface area contributed by atoms with E-state index in [1.54, 1.807) is 0 Å². The van der Waals surface area contributed by atoms with E-state index in [-0.39, 0.29) is 5.41 Å². The Bertz CT molecular complexity index is 800. The molecule has 0 bridgehead atoms. The first kappa shape index (κ1) is 17.1. The molecule has 3 rings (SSSR count). The number of hydrogen-bond acceptors (Lipinski definition) is 2. The minimum absolute atomic E-state index is 0.146. The summed E-state index contributed by atoms with van der Waals surface area (Å²) in [6.45, 7) is 7.14. The standard InChI is InChI=1S/C23H24O2/c1-23(2,3)19-12-14-21(15-13-19)25-22-11-7-8-18(16-22)17-24-20-9-5-4-6-10-20/h4-16H,17H2,1-3H3. The topological polar surface area (TPSA) is 18.5 Å². The van der Waals surface area contributed by atoms with Crippen LogP contribution in [0.15, 0.2) is 78.9 Å². The lowest BCUT2D eigenvalue weighted by atomic mass is 9.87. The van der Waals surface area contributed by atoms with Crippen molar-refractivity contribution in [3.8, 4) is 17.2 Å². The van der Waals surface area contributed by atoms with Gasteiger partial charge in [-0.25, -0.2) is 0 Å². The molecular formula is C23H24O2. The molecule has 0 spiro atoms. The van der Waals surface area contributed by atoms with E-state index in [2.05, 4.69) is 32.9 Å². The van der Waals surface area contributed by atoms with Crippen LogP contribution < -0.4 is 9.47 Å². The summed E-state index contributed by atoms with van der Waals surface area (Å²) in [5.41, 5.74) is 2.52. The molecule has 0 saturated heterocycles. The molecule has 0 amide bonds. The molecule has 0 aliphatic heterocycles. The minimum atomic E-state index is 0.146. The molecule has 0 aliphatic carbocycles. The second-order valence-electron chi connectivity index (χ2n) is 7.13. The van der Waals surface area contributed by atoms with Crippen LogP contribution in [0.25, 0.3) is 0 Å². The SMILES string of the molecule is CC(C)(C)c1ccc(Oc2cccc(COc3ccccc3)c2)cc1. The van der Waals surface area contributed by atoms with Crippen LogP contribution in [-0.4, -0.2) is 0 Å². The van der Waals surface area contributed by atoms with Crippen LogP contribution in [-0.2, 0) is 12.0 Å². The van der Waals surface area contributed by atoms with Gasteiger partial charge in [-0.3, -0.25) is 0 Å². The van der Waals surface area contributed by atoms with E-state index in [0.717, 1.165) is 22.8 Å². The molecule has 0 N–H and O–H groups in total. The Labute approximate surface area is 150 Å². The number of benzene rings is 3. The normalized spacial score (nSPS) is 11.2. The molecule has 0 radical (unpaired) electrons. The third-order valence-electron chi connectivity index (χ3n) is 4.00. The maximum Gasteiger partial charge on any atom is 0.127 e. The van der Waals surface area contributed by atoms with Crippen molar-refractivity contribution in [3.05, 3.63) is 90.0 Å². The molecule has 0 saturated carbocycles. The average Bonchev–Trinajstić information content (AvgIpc) is 2.61. The molecule has 2 heteroatoms. The highest BCUT2D eigenvalue weighted by atomic mass is 16.5. The van der Waals surface area contributed by atoms with Gasteiger partial charge in [-0.15, -0.1) is 0 Å². The molecule has 0 heterocycles. The Balaban J connectivity index is 1.65. The van der Waals surface area contributed by atoms with E-state index in [0.29, 0.717) is 6.61 Å². The highest BCUT2D eigenvalue weighted by Crippen LogP contribution is 2.27. The van der Waals surface area contributed by atoms with Crippen molar-refractivity contribution in [2.24, 2.45) is 0 Å². The molecule has 0 aromatic heterocycles. The Morgan fingerprint density at radius 2 is 1.36 bits per heavy atom. The highest BCUT2D eigenvalue weighted by Gasteiger charge is 2.13. The van der Waals surface area contributed by atoms with Gasteiger partial charge in [0.15, 0.2) is 0 Å². The van der Waals surface area contributed by atoms with Gasteiger partial charge in [0, 0.05) is 0 Å². The lowest BCUT2D eigenvalue weighted by Gasteiger charge is -2.19. The Morgan fingerprint density at radius 3 is 2.04 bits per heavy atom. The lowest BCUT2D eigenvalue weighted by molar-refractivity contribution is 0.305. The van der Waals surface area contributed by atoms with Gasteiger partial charge in [0.2, 0.25) is 0 Å². The fourth-order valence-electron chi connectivity index (χ4n) is 2.54. The highest BCUT2D eigenvalue weighted by molar-refractivity contribution is 5.36. The molecule has 0 unspecified atom stereocenters. The Kier molecular flexibility index (Phi) is 5.08. The first-order valence-corrected chi connectivity index (χ1v) is 8.56. The molecule has 25 heavy (non-hydrogen) atoms. The van der Waals surface area contributed by atoms with Crippen LogP contribution in [0.2, 0.25) is 0 Å². The third-order valence-corrected chi connectivity index (χ3v) is 4.00. The Morgan fingerprint density at radius 1 is 0.680 bits per heavy atom. The van der Waals surface area contributed by atoms with E-state index in [1.165, 1.54) is 5.56 Å². The number of para-hydroxylation sites is 1. The van der Waals surface area contributed by atoms with Crippen molar-refractivity contribution in [1.29, 1.82) is 0 Å². The fraction of sp³-hybridized carbons (Fsp3) is 0.217. The van der Waals surface area contributed by atoms with Gasteiger partial charge < -0.3 is 9.47 Å². The van der Waals surface area contributed by atoms with Crippen molar-refractivity contribution in [3.63, 3.8) is 0 Å². The van der Waals surface area contributed by atoms with Crippen LogP contribution in [0.1, 0.15) is 31.9 Å². The van der Waals surface area contributed by atoms with Gasteiger partial charge in [0.25, 0.3) is 0 Å². The van der Waals surface area contributed by atoms with E-state index in [1.807, 2.05) is 66.7 Å². The first-order chi connectivity index (χ1) is 12.0. The van der Waals surface area contributed by atoms with Crippen molar-refractivity contribution < 1.29 is 9.47 Å². The number of rotatable bonds is 5. The lowest BCUT2D eigenvalue weighted by Crippen LogP contribution is -2.10. The van der Waals surface area contributed by atoms with Crippen molar-refractivity contribution >= 4 is 0 Å². The zero-order chi connectivity index (χ0) is 17.7. The van der Waals surface area contributed by atoms with Gasteiger partial charge >= 0.3 is 0 Å². The minimum Gasteiger partial charge on any atom is -0.489 e. The van der Waals surface area contributed by atoms with Gasteiger partial charge in [-0.05, 0) is 52.9 Å². The van der Waals surface area contributed by atoms with E-state index in [4.69, 9.17) is 9.47 Å². The fourth-order valence-corrected chi connectivity index (χ4v) is 2.54. The molecule has 0 atom stereocenters. The maximum atomic E-state index is 5.98. The quantitative estimate of drug-likeness (QED) is 0.541. The second-order valence-corrected chi connectivity index (χ2v) is 7.13. The number of hydrogen-bond donors (Lipinski definition) is 0. The third kappa shape index (κ3) is 4.87. The monoisotopic (exact) mass is 332 g/mol. The van der Waals surface area contributed by atoms with Gasteiger partial charge in [-0.1, -0.05) is 63.2 Å². The van der Waals surface area contributed by atoms with E-state index >= 15 is 0 Å². The molecule has 0 aliphatic rings. The zero-order valence-corrected chi connectivity index (χ0v) is 15.0. The predicted molar refractivity (Wildman–Crippen MR) is 102 cm³/mol.